The highest BCUT2D eigenvalue weighted by Gasteiger charge is 2.23. The number of carbonyl (C=O) groups excluding carboxylic acids is 1. The zero-order valence-corrected chi connectivity index (χ0v) is 13.5. The molecule has 0 aliphatic heterocycles. The topological polar surface area (TPSA) is 58.6 Å². The van der Waals surface area contributed by atoms with Crippen LogP contribution in [0.4, 0.5) is 0 Å². The van der Waals surface area contributed by atoms with Crippen LogP contribution in [0.5, 0.6) is 5.75 Å². The number of hydrogen-bond acceptors (Lipinski definition) is 3. The van der Waals surface area contributed by atoms with Crippen molar-refractivity contribution in [3.8, 4) is 5.75 Å². The average Bonchev–Trinajstić information content (AvgIpc) is 2.54. The molecule has 4 heteroatoms. The third-order valence-corrected chi connectivity index (χ3v) is 4.58. The molecule has 0 saturated heterocycles. The van der Waals surface area contributed by atoms with Crippen LogP contribution in [0.15, 0.2) is 24.3 Å². The van der Waals surface area contributed by atoms with Crippen molar-refractivity contribution in [1.29, 1.82) is 0 Å². The molecule has 1 aliphatic carbocycles. The first-order valence-corrected chi connectivity index (χ1v) is 8.19. The van der Waals surface area contributed by atoms with E-state index < -0.39 is 0 Å². The van der Waals surface area contributed by atoms with E-state index in [2.05, 4.69) is 5.32 Å². The molecule has 3 atom stereocenters. The second-order valence-electron chi connectivity index (χ2n) is 6.30. The number of methoxy groups -OCH3 is 1. The fourth-order valence-corrected chi connectivity index (χ4v) is 3.09. The van der Waals surface area contributed by atoms with Crippen LogP contribution in [0.2, 0.25) is 0 Å². The fourth-order valence-electron chi connectivity index (χ4n) is 3.09. The maximum Gasteiger partial charge on any atom is 0.220 e. The summed E-state index contributed by atoms with van der Waals surface area (Å²) in [5.41, 5.74) is 1.10. The fraction of sp³-hybridized carbons (Fsp3) is 0.611. The Morgan fingerprint density at radius 1 is 1.41 bits per heavy atom. The van der Waals surface area contributed by atoms with Gasteiger partial charge in [-0.15, -0.1) is 0 Å². The molecule has 1 amide bonds. The molecular weight excluding hydrogens is 278 g/mol. The van der Waals surface area contributed by atoms with Crippen LogP contribution in [-0.2, 0) is 4.79 Å². The second kappa shape index (κ2) is 8.18. The highest BCUT2D eigenvalue weighted by atomic mass is 16.5. The standard InChI is InChI=1S/C18H27NO3/c1-13(14-7-5-8-16(11-14)22-2)10-18(21)19-12-15-6-3-4-9-17(15)20/h5,7-8,11,13,15,17,20H,3-4,6,9-10,12H2,1-2H3,(H,19,21)/t13-,15+,17-/m1/s1. The quantitative estimate of drug-likeness (QED) is 0.849. The molecule has 0 spiro atoms. The molecule has 1 aromatic carbocycles. The Bertz CT molecular complexity index is 489. The Morgan fingerprint density at radius 3 is 2.91 bits per heavy atom. The van der Waals surface area contributed by atoms with E-state index in [4.69, 9.17) is 4.74 Å². The molecule has 2 rings (SSSR count). The van der Waals surface area contributed by atoms with Gasteiger partial charge in [0.25, 0.3) is 0 Å². The lowest BCUT2D eigenvalue weighted by atomic mass is 9.86. The number of nitrogens with one attached hydrogen (secondary N) is 1. The number of amides is 1. The van der Waals surface area contributed by atoms with Crippen LogP contribution in [0.25, 0.3) is 0 Å². The number of hydrogen-bond donors (Lipinski definition) is 2. The molecule has 0 unspecified atom stereocenters. The maximum absolute atomic E-state index is 12.1. The molecule has 1 fully saturated rings. The highest BCUT2D eigenvalue weighted by Crippen LogP contribution is 2.25. The Kier molecular flexibility index (Phi) is 6.25. The minimum atomic E-state index is -0.259. The lowest BCUT2D eigenvalue weighted by molar-refractivity contribution is -0.121. The Balaban J connectivity index is 1.80. The summed E-state index contributed by atoms with van der Waals surface area (Å²) in [7, 11) is 1.64. The van der Waals surface area contributed by atoms with Gasteiger partial charge in [0.05, 0.1) is 13.2 Å². The molecule has 1 aliphatic rings. The van der Waals surface area contributed by atoms with Crippen molar-refractivity contribution < 1.29 is 14.6 Å². The van der Waals surface area contributed by atoms with Gasteiger partial charge in [-0.05, 0) is 36.5 Å². The van der Waals surface area contributed by atoms with E-state index in [0.717, 1.165) is 37.0 Å². The minimum Gasteiger partial charge on any atom is -0.497 e. The van der Waals surface area contributed by atoms with Gasteiger partial charge in [-0.1, -0.05) is 31.9 Å². The van der Waals surface area contributed by atoms with Gasteiger partial charge in [-0.2, -0.15) is 0 Å². The van der Waals surface area contributed by atoms with Gasteiger partial charge >= 0.3 is 0 Å². The molecule has 1 aromatic rings. The first-order valence-electron chi connectivity index (χ1n) is 8.19. The van der Waals surface area contributed by atoms with E-state index in [1.807, 2.05) is 31.2 Å². The Hall–Kier alpha value is -1.55. The summed E-state index contributed by atoms with van der Waals surface area (Å²) in [6.07, 6.45) is 4.31. The largest absolute Gasteiger partial charge is 0.497 e. The van der Waals surface area contributed by atoms with Gasteiger partial charge in [-0.3, -0.25) is 4.79 Å². The summed E-state index contributed by atoms with van der Waals surface area (Å²) in [5, 5.41) is 12.9. The third-order valence-electron chi connectivity index (χ3n) is 4.58. The molecule has 0 heterocycles. The first-order chi connectivity index (χ1) is 10.6. The summed E-state index contributed by atoms with van der Waals surface area (Å²) in [6, 6.07) is 7.84. The van der Waals surface area contributed by atoms with E-state index in [9.17, 15) is 9.90 Å². The second-order valence-corrected chi connectivity index (χ2v) is 6.30. The lowest BCUT2D eigenvalue weighted by Gasteiger charge is -2.27. The number of aliphatic hydroxyl groups excluding tert-OH is 1. The van der Waals surface area contributed by atoms with Crippen LogP contribution in [0, 0.1) is 5.92 Å². The van der Waals surface area contributed by atoms with Crippen LogP contribution >= 0.6 is 0 Å². The zero-order valence-electron chi connectivity index (χ0n) is 13.5. The van der Waals surface area contributed by atoms with Crippen molar-refractivity contribution in [1.82, 2.24) is 5.32 Å². The summed E-state index contributed by atoms with van der Waals surface area (Å²) < 4.78 is 5.22. The summed E-state index contributed by atoms with van der Waals surface area (Å²) in [6.45, 7) is 2.63. The molecule has 122 valence electrons. The normalized spacial score (nSPS) is 22.9. The Morgan fingerprint density at radius 2 is 2.18 bits per heavy atom. The predicted octanol–water partition coefficient (Wildman–Crippen LogP) is 2.86. The maximum atomic E-state index is 12.1. The van der Waals surface area contributed by atoms with E-state index >= 15 is 0 Å². The van der Waals surface area contributed by atoms with Gasteiger partial charge in [0, 0.05) is 18.9 Å². The summed E-state index contributed by atoms with van der Waals surface area (Å²) in [4.78, 5) is 12.1. The van der Waals surface area contributed by atoms with Gasteiger partial charge in [0.15, 0.2) is 0 Å². The SMILES string of the molecule is COc1cccc([C@H](C)CC(=O)NC[C@@H]2CCCC[C@H]2O)c1. The molecule has 2 N–H and O–H groups in total. The summed E-state index contributed by atoms with van der Waals surface area (Å²) >= 11 is 0. The number of benzene rings is 1. The predicted molar refractivity (Wildman–Crippen MR) is 87.0 cm³/mol. The van der Waals surface area contributed by atoms with Gasteiger partial charge in [-0.25, -0.2) is 0 Å². The van der Waals surface area contributed by atoms with Crippen molar-refractivity contribution >= 4 is 5.91 Å². The van der Waals surface area contributed by atoms with Crippen molar-refractivity contribution in [2.45, 2.75) is 51.0 Å². The number of aliphatic hydroxyl groups is 1. The molecule has 0 aromatic heterocycles. The molecule has 22 heavy (non-hydrogen) atoms. The van der Waals surface area contributed by atoms with E-state index in [1.165, 1.54) is 0 Å². The third kappa shape index (κ3) is 4.73. The number of rotatable bonds is 6. The van der Waals surface area contributed by atoms with Gasteiger partial charge in [0.2, 0.25) is 5.91 Å². The van der Waals surface area contributed by atoms with E-state index in [1.54, 1.807) is 7.11 Å². The smallest absolute Gasteiger partial charge is 0.220 e. The zero-order chi connectivity index (χ0) is 15.9. The molecule has 0 radical (unpaired) electrons. The minimum absolute atomic E-state index is 0.0492. The first kappa shape index (κ1) is 16.8. The van der Waals surface area contributed by atoms with E-state index in [0.29, 0.717) is 13.0 Å². The van der Waals surface area contributed by atoms with E-state index in [-0.39, 0.29) is 23.8 Å². The summed E-state index contributed by atoms with van der Waals surface area (Å²) in [5.74, 6) is 1.22. The van der Waals surface area contributed by atoms with Gasteiger partial charge in [0.1, 0.15) is 5.75 Å². The molecule has 4 nitrogen and oxygen atoms in total. The monoisotopic (exact) mass is 305 g/mol. The van der Waals surface area contributed by atoms with Crippen molar-refractivity contribution in [3.63, 3.8) is 0 Å². The number of ether oxygens (including phenoxy) is 1. The molecule has 0 bridgehead atoms. The van der Waals surface area contributed by atoms with Crippen LogP contribution in [-0.4, -0.2) is 30.8 Å². The lowest BCUT2D eigenvalue weighted by Crippen LogP contribution is -2.37. The van der Waals surface area contributed by atoms with Crippen LogP contribution in [0.3, 0.4) is 0 Å². The van der Waals surface area contributed by atoms with Crippen LogP contribution in [0.1, 0.15) is 50.5 Å². The van der Waals surface area contributed by atoms with Crippen LogP contribution < -0.4 is 10.1 Å². The Labute approximate surface area is 132 Å². The van der Waals surface area contributed by atoms with Crippen molar-refractivity contribution in [2.24, 2.45) is 5.92 Å². The number of carbonyl (C=O) groups is 1. The van der Waals surface area contributed by atoms with Crippen molar-refractivity contribution in [2.75, 3.05) is 13.7 Å². The molecular formula is C18H27NO3. The van der Waals surface area contributed by atoms with Crippen molar-refractivity contribution in [3.05, 3.63) is 29.8 Å². The van der Waals surface area contributed by atoms with Gasteiger partial charge < -0.3 is 15.2 Å². The highest BCUT2D eigenvalue weighted by molar-refractivity contribution is 5.76. The average molecular weight is 305 g/mol. The molecule has 1 saturated carbocycles.